The van der Waals surface area contributed by atoms with Gasteiger partial charge in [0, 0.05) is 25.7 Å². The van der Waals surface area contributed by atoms with E-state index in [1.165, 1.54) is 0 Å². The Morgan fingerprint density at radius 1 is 0.967 bits per heavy atom. The summed E-state index contributed by atoms with van der Waals surface area (Å²) >= 11 is 0. The molecule has 0 radical (unpaired) electrons. The molecular weight excluding hydrogens is 398 g/mol. The lowest BCUT2D eigenvalue weighted by Crippen LogP contribution is -2.39. The molecule has 1 heterocycles. The number of likely N-dealkylation sites (tertiary alicyclic amines) is 1. The minimum atomic E-state index is -3.43. The van der Waals surface area contributed by atoms with Gasteiger partial charge in [-0.3, -0.25) is 10.1 Å². The minimum Gasteiger partial charge on any atom is -0.341 e. The Kier molecular flexibility index (Phi) is 7.64. The van der Waals surface area contributed by atoms with Crippen molar-refractivity contribution in [1.29, 1.82) is 0 Å². The summed E-state index contributed by atoms with van der Waals surface area (Å²) in [5, 5.41) is 3.39. The lowest BCUT2D eigenvalue weighted by Gasteiger charge is -2.25. The van der Waals surface area contributed by atoms with E-state index in [4.69, 9.17) is 0 Å². The van der Waals surface area contributed by atoms with Gasteiger partial charge >= 0.3 is 0 Å². The van der Waals surface area contributed by atoms with Gasteiger partial charge in [0.2, 0.25) is 15.9 Å². The van der Waals surface area contributed by atoms with Crippen LogP contribution in [0.25, 0.3) is 0 Å². The third-order valence-corrected chi connectivity index (χ3v) is 6.69. The molecule has 162 valence electrons. The lowest BCUT2D eigenvalue weighted by atomic mass is 10.0. The molecule has 1 fully saturated rings. The van der Waals surface area contributed by atoms with Crippen LogP contribution in [0.1, 0.15) is 49.4 Å². The number of hydrogen-bond donors (Lipinski definition) is 2. The molecule has 7 heteroatoms. The molecular formula is C23H31N3O3S. The molecule has 0 spiro atoms. The Hall–Kier alpha value is -2.22. The Bertz CT molecular complexity index is 939. The van der Waals surface area contributed by atoms with Crippen molar-refractivity contribution in [3.05, 3.63) is 71.3 Å². The van der Waals surface area contributed by atoms with Crippen molar-refractivity contribution >= 4 is 15.9 Å². The lowest BCUT2D eigenvalue weighted by molar-refractivity contribution is -0.132. The van der Waals surface area contributed by atoms with E-state index in [9.17, 15) is 13.2 Å². The quantitative estimate of drug-likeness (QED) is 0.642. The second-order valence-electron chi connectivity index (χ2n) is 8.06. The second-order valence-corrected chi connectivity index (χ2v) is 9.81. The highest BCUT2D eigenvalue weighted by Gasteiger charge is 2.27. The molecule has 0 aromatic heterocycles. The maximum Gasteiger partial charge on any atom is 0.244 e. The second kappa shape index (κ2) is 10.2. The van der Waals surface area contributed by atoms with Gasteiger partial charge in [0.05, 0.1) is 5.75 Å². The van der Waals surface area contributed by atoms with Crippen molar-refractivity contribution in [3.63, 3.8) is 0 Å². The first kappa shape index (κ1) is 22.5. The summed E-state index contributed by atoms with van der Waals surface area (Å²) in [5.74, 6) is -0.00989. The third kappa shape index (κ3) is 6.14. The van der Waals surface area contributed by atoms with E-state index in [2.05, 4.69) is 10.0 Å². The highest BCUT2D eigenvalue weighted by molar-refractivity contribution is 7.88. The Labute approximate surface area is 179 Å². The number of amides is 1. The van der Waals surface area contributed by atoms with Crippen molar-refractivity contribution < 1.29 is 13.2 Å². The molecule has 0 aliphatic carbocycles. The average Bonchev–Trinajstić information content (AvgIpc) is 3.23. The van der Waals surface area contributed by atoms with E-state index < -0.39 is 16.1 Å². The summed E-state index contributed by atoms with van der Waals surface area (Å²) in [7, 11) is -3.43. The maximum atomic E-state index is 13.2. The fourth-order valence-corrected chi connectivity index (χ4v) is 5.29. The van der Waals surface area contributed by atoms with Crippen LogP contribution in [0.2, 0.25) is 0 Å². The average molecular weight is 430 g/mol. The van der Waals surface area contributed by atoms with E-state index in [1.807, 2.05) is 59.5 Å². The summed E-state index contributed by atoms with van der Waals surface area (Å²) in [6.45, 7) is 5.60. The summed E-state index contributed by atoms with van der Waals surface area (Å²) in [6, 6.07) is 16.6. The van der Waals surface area contributed by atoms with Gasteiger partial charge in [-0.2, -0.15) is 0 Å². The number of benzene rings is 2. The molecule has 2 aromatic rings. The first-order chi connectivity index (χ1) is 14.4. The zero-order valence-corrected chi connectivity index (χ0v) is 18.5. The molecule has 1 unspecified atom stereocenters. The molecule has 0 bridgehead atoms. The van der Waals surface area contributed by atoms with Gasteiger partial charge in [0.1, 0.15) is 6.04 Å². The van der Waals surface area contributed by atoms with Gasteiger partial charge in [-0.15, -0.1) is 0 Å². The highest BCUT2D eigenvalue weighted by Crippen LogP contribution is 2.21. The van der Waals surface area contributed by atoms with E-state index >= 15 is 0 Å². The van der Waals surface area contributed by atoms with Crippen LogP contribution >= 0.6 is 0 Å². The maximum absolute atomic E-state index is 13.2. The molecule has 1 aliphatic heterocycles. The van der Waals surface area contributed by atoms with Crippen LogP contribution < -0.4 is 10.0 Å². The topological polar surface area (TPSA) is 78.5 Å². The predicted octanol–water partition coefficient (Wildman–Crippen LogP) is 2.97. The normalized spacial score (nSPS) is 15.5. The molecule has 1 aliphatic rings. The summed E-state index contributed by atoms with van der Waals surface area (Å²) in [5.41, 5.74) is 2.53. The molecule has 2 aromatic carbocycles. The van der Waals surface area contributed by atoms with Crippen LogP contribution in [-0.2, 0) is 27.1 Å². The largest absolute Gasteiger partial charge is 0.341 e. The predicted molar refractivity (Wildman–Crippen MR) is 119 cm³/mol. The van der Waals surface area contributed by atoms with Gasteiger partial charge < -0.3 is 4.90 Å². The molecule has 1 amide bonds. The van der Waals surface area contributed by atoms with Crippen LogP contribution in [0.3, 0.4) is 0 Å². The molecule has 1 saturated heterocycles. The number of nitrogens with one attached hydrogen (secondary N) is 2. The fraction of sp³-hybridized carbons (Fsp3) is 0.435. The Balaban J connectivity index is 1.78. The standard InChI is InChI=1S/C23H31N3O3S/c1-18(2)25-30(28,29)17-21-13-7-6-12-20(21)16-24-22(19-10-4-3-5-11-19)23(27)26-14-8-9-15-26/h3-7,10-13,18,22,24-25H,8-9,14-17H2,1-2H3. The summed E-state index contributed by atoms with van der Waals surface area (Å²) < 4.78 is 27.5. The number of carbonyl (C=O) groups is 1. The van der Waals surface area contributed by atoms with Crippen molar-refractivity contribution in [2.75, 3.05) is 13.1 Å². The van der Waals surface area contributed by atoms with Crippen LogP contribution in [0.4, 0.5) is 0 Å². The van der Waals surface area contributed by atoms with E-state index in [-0.39, 0.29) is 17.7 Å². The molecule has 6 nitrogen and oxygen atoms in total. The number of carbonyl (C=O) groups excluding carboxylic acids is 1. The van der Waals surface area contributed by atoms with Crippen LogP contribution in [0.5, 0.6) is 0 Å². The summed E-state index contributed by atoms with van der Waals surface area (Å²) in [6.07, 6.45) is 2.08. The Morgan fingerprint density at radius 2 is 1.57 bits per heavy atom. The smallest absolute Gasteiger partial charge is 0.244 e. The number of rotatable bonds is 9. The van der Waals surface area contributed by atoms with Crippen LogP contribution in [-0.4, -0.2) is 38.4 Å². The van der Waals surface area contributed by atoms with Gasteiger partial charge in [-0.25, -0.2) is 13.1 Å². The SMILES string of the molecule is CC(C)NS(=O)(=O)Cc1ccccc1CNC(C(=O)N1CCCC1)c1ccccc1. The van der Waals surface area contributed by atoms with Gasteiger partial charge in [0.15, 0.2) is 0 Å². The van der Waals surface area contributed by atoms with Gasteiger partial charge in [0.25, 0.3) is 0 Å². The third-order valence-electron chi connectivity index (χ3n) is 5.17. The number of nitrogens with zero attached hydrogens (tertiary/aromatic N) is 1. The zero-order valence-electron chi connectivity index (χ0n) is 17.7. The van der Waals surface area contributed by atoms with Gasteiger partial charge in [-0.05, 0) is 43.4 Å². The first-order valence-corrected chi connectivity index (χ1v) is 12.1. The van der Waals surface area contributed by atoms with Crippen molar-refractivity contribution in [3.8, 4) is 0 Å². The van der Waals surface area contributed by atoms with Crippen molar-refractivity contribution in [2.24, 2.45) is 0 Å². The molecule has 1 atom stereocenters. The van der Waals surface area contributed by atoms with Crippen molar-refractivity contribution in [2.45, 2.75) is 51.1 Å². The number of hydrogen-bond acceptors (Lipinski definition) is 4. The Morgan fingerprint density at radius 3 is 2.20 bits per heavy atom. The monoisotopic (exact) mass is 429 g/mol. The molecule has 30 heavy (non-hydrogen) atoms. The van der Waals surface area contributed by atoms with Crippen LogP contribution in [0, 0.1) is 0 Å². The number of sulfonamides is 1. The molecule has 3 rings (SSSR count). The van der Waals surface area contributed by atoms with E-state index in [1.54, 1.807) is 13.8 Å². The van der Waals surface area contributed by atoms with Crippen molar-refractivity contribution in [1.82, 2.24) is 14.9 Å². The van der Waals surface area contributed by atoms with E-state index in [0.29, 0.717) is 6.54 Å². The molecule has 0 saturated carbocycles. The van der Waals surface area contributed by atoms with Crippen LogP contribution in [0.15, 0.2) is 54.6 Å². The van der Waals surface area contributed by atoms with E-state index in [0.717, 1.165) is 42.6 Å². The first-order valence-electron chi connectivity index (χ1n) is 10.5. The minimum absolute atomic E-state index is 0.0743. The fourth-order valence-electron chi connectivity index (χ4n) is 3.80. The molecule has 2 N–H and O–H groups in total. The highest BCUT2D eigenvalue weighted by atomic mass is 32.2. The zero-order chi connectivity index (χ0) is 21.6. The summed E-state index contributed by atoms with van der Waals surface area (Å²) in [4.78, 5) is 15.1. The van der Waals surface area contributed by atoms with Gasteiger partial charge in [-0.1, -0.05) is 54.6 Å².